The van der Waals surface area contributed by atoms with Gasteiger partial charge in [0.2, 0.25) is 23.6 Å². The lowest BCUT2D eigenvalue weighted by atomic mass is 9.98. The maximum absolute atomic E-state index is 13.5. The zero-order chi connectivity index (χ0) is 32.5. The second kappa shape index (κ2) is 19.2. The van der Waals surface area contributed by atoms with Crippen LogP contribution in [0.15, 0.2) is 30.3 Å². The van der Waals surface area contributed by atoms with Crippen molar-refractivity contribution in [3.63, 3.8) is 0 Å². The number of hydrogen-bond acceptors (Lipinski definition) is 8. The van der Waals surface area contributed by atoms with Crippen molar-refractivity contribution in [1.29, 1.82) is 0 Å². The molecule has 0 aliphatic heterocycles. The molecule has 0 aliphatic rings. The topological polar surface area (TPSA) is 243 Å². The van der Waals surface area contributed by atoms with Gasteiger partial charge in [-0.25, -0.2) is 4.79 Å². The molecule has 1 aromatic carbocycles. The van der Waals surface area contributed by atoms with Crippen molar-refractivity contribution in [2.45, 2.75) is 95.9 Å². The van der Waals surface area contributed by atoms with Gasteiger partial charge >= 0.3 is 11.9 Å². The fourth-order valence-electron chi connectivity index (χ4n) is 4.14. The molecule has 0 saturated carbocycles. The van der Waals surface area contributed by atoms with Gasteiger partial charge in [0.15, 0.2) is 0 Å². The summed E-state index contributed by atoms with van der Waals surface area (Å²) in [5.74, 6) is -5.77. The summed E-state index contributed by atoms with van der Waals surface area (Å²) >= 11 is 0. The number of benzene rings is 1. The van der Waals surface area contributed by atoms with E-state index in [2.05, 4.69) is 21.3 Å². The molecule has 43 heavy (non-hydrogen) atoms. The number of nitrogens with one attached hydrogen (secondary N) is 4. The second-order valence-corrected chi connectivity index (χ2v) is 10.6. The number of nitrogens with two attached hydrogens (primary N) is 2. The minimum atomic E-state index is -1.39. The van der Waals surface area contributed by atoms with E-state index in [0.29, 0.717) is 31.4 Å². The van der Waals surface area contributed by atoms with Crippen LogP contribution in [0.3, 0.4) is 0 Å². The highest BCUT2D eigenvalue weighted by molar-refractivity contribution is 5.95. The van der Waals surface area contributed by atoms with Gasteiger partial charge in [-0.15, -0.1) is 0 Å². The maximum Gasteiger partial charge on any atom is 0.326 e. The molecule has 0 bridgehead atoms. The van der Waals surface area contributed by atoms with E-state index in [1.165, 1.54) is 6.92 Å². The van der Waals surface area contributed by atoms with Crippen LogP contribution in [0.5, 0.6) is 0 Å². The number of carbonyl (C=O) groups is 6. The summed E-state index contributed by atoms with van der Waals surface area (Å²) in [4.78, 5) is 75.5. The molecular formula is C29H46N6O8. The van der Waals surface area contributed by atoms with Gasteiger partial charge in [0.05, 0.1) is 6.04 Å². The van der Waals surface area contributed by atoms with Crippen LogP contribution in [0.4, 0.5) is 0 Å². The Morgan fingerprint density at radius 1 is 0.767 bits per heavy atom. The quantitative estimate of drug-likeness (QED) is 0.0896. The Balaban J connectivity index is 3.26. The van der Waals surface area contributed by atoms with Crippen molar-refractivity contribution in [3.05, 3.63) is 35.9 Å². The Labute approximate surface area is 251 Å². The first kappa shape index (κ1) is 37.0. The number of amides is 4. The average molecular weight is 607 g/mol. The molecule has 0 spiro atoms. The van der Waals surface area contributed by atoms with Crippen molar-refractivity contribution in [2.24, 2.45) is 17.4 Å². The van der Waals surface area contributed by atoms with Crippen LogP contribution in [0.25, 0.3) is 0 Å². The standard InChI is InChI=1S/C29H46N6O8/c1-4-17(2)24(29(42)43)35-28(41)22(16-19-10-6-5-7-11-19)34-27(40)21(13-14-23(36)37)33-26(39)20(12-8-9-15-30)32-25(38)18(3)31/h5-7,10-11,17-18,20-22,24H,4,8-9,12-16,30-31H2,1-3H3,(H,32,38)(H,33,39)(H,34,40)(H,35,41)(H,36,37)(H,42,43)/t17-,18-,20-,21-,22-,24-/m0/s1. The fraction of sp³-hybridized carbons (Fsp3) is 0.586. The van der Waals surface area contributed by atoms with Gasteiger partial charge in [0, 0.05) is 12.8 Å². The molecule has 0 unspecified atom stereocenters. The Kier molecular flexibility index (Phi) is 16.5. The first-order chi connectivity index (χ1) is 20.3. The number of rotatable bonds is 20. The van der Waals surface area contributed by atoms with Crippen LogP contribution in [0, 0.1) is 5.92 Å². The molecule has 240 valence electrons. The minimum Gasteiger partial charge on any atom is -0.481 e. The molecule has 0 fully saturated rings. The van der Waals surface area contributed by atoms with Gasteiger partial charge in [0.25, 0.3) is 0 Å². The number of carboxylic acids is 2. The molecule has 0 radical (unpaired) electrons. The first-order valence-electron chi connectivity index (χ1n) is 14.5. The normalized spacial score (nSPS) is 15.1. The summed E-state index contributed by atoms with van der Waals surface area (Å²) in [7, 11) is 0. The third-order valence-corrected chi connectivity index (χ3v) is 6.97. The molecule has 0 aliphatic carbocycles. The minimum absolute atomic E-state index is 0.00296. The predicted octanol–water partition coefficient (Wildman–Crippen LogP) is -0.360. The molecule has 10 N–H and O–H groups in total. The van der Waals surface area contributed by atoms with Gasteiger partial charge < -0.3 is 42.9 Å². The molecule has 4 amide bonds. The van der Waals surface area contributed by atoms with Crippen LogP contribution in [-0.2, 0) is 35.2 Å². The van der Waals surface area contributed by atoms with Gasteiger partial charge in [-0.2, -0.15) is 0 Å². The van der Waals surface area contributed by atoms with Crippen molar-refractivity contribution >= 4 is 35.6 Å². The molecule has 14 nitrogen and oxygen atoms in total. The average Bonchev–Trinajstić information content (AvgIpc) is 2.96. The van der Waals surface area contributed by atoms with Crippen LogP contribution in [0.1, 0.15) is 64.9 Å². The van der Waals surface area contributed by atoms with E-state index >= 15 is 0 Å². The van der Waals surface area contributed by atoms with Crippen molar-refractivity contribution < 1.29 is 39.0 Å². The van der Waals surface area contributed by atoms with Crippen LogP contribution in [-0.4, -0.2) is 82.5 Å². The largest absolute Gasteiger partial charge is 0.481 e. The molecule has 1 aromatic rings. The summed E-state index contributed by atoms with van der Waals surface area (Å²) in [6.07, 6.45) is 0.936. The monoisotopic (exact) mass is 606 g/mol. The Morgan fingerprint density at radius 3 is 1.81 bits per heavy atom. The molecule has 14 heteroatoms. The van der Waals surface area contributed by atoms with Crippen LogP contribution >= 0.6 is 0 Å². The highest BCUT2D eigenvalue weighted by atomic mass is 16.4. The molecule has 6 atom stereocenters. The summed E-state index contributed by atoms with van der Waals surface area (Å²) in [5, 5.41) is 29.0. The SMILES string of the molecule is CC[C@H](C)[C@H](NC(=O)[C@H](Cc1ccccc1)NC(=O)[C@H](CCC(=O)O)NC(=O)[C@H](CCCCN)NC(=O)[C@H](C)N)C(=O)O. The summed E-state index contributed by atoms with van der Waals surface area (Å²) in [5.41, 5.74) is 11.8. The summed E-state index contributed by atoms with van der Waals surface area (Å²) in [6.45, 7) is 5.27. The lowest BCUT2D eigenvalue weighted by Gasteiger charge is -2.27. The Hall–Kier alpha value is -4.04. The zero-order valence-electron chi connectivity index (χ0n) is 25.0. The van der Waals surface area contributed by atoms with Crippen molar-refractivity contribution in [1.82, 2.24) is 21.3 Å². The van der Waals surface area contributed by atoms with Gasteiger partial charge in [-0.3, -0.25) is 24.0 Å². The first-order valence-corrected chi connectivity index (χ1v) is 14.5. The number of unbranched alkanes of at least 4 members (excludes halogenated alkanes) is 1. The van der Waals surface area contributed by atoms with Crippen molar-refractivity contribution in [3.8, 4) is 0 Å². The molecule has 0 heterocycles. The third-order valence-electron chi connectivity index (χ3n) is 6.97. The van der Waals surface area contributed by atoms with E-state index in [1.807, 2.05) is 0 Å². The van der Waals surface area contributed by atoms with Gasteiger partial charge in [-0.1, -0.05) is 50.6 Å². The van der Waals surface area contributed by atoms with E-state index in [-0.39, 0.29) is 19.3 Å². The van der Waals surface area contributed by atoms with E-state index in [9.17, 15) is 39.0 Å². The number of aliphatic carboxylic acids is 2. The molecule has 0 aromatic heterocycles. The number of hydrogen-bond donors (Lipinski definition) is 8. The van der Waals surface area contributed by atoms with E-state index in [0.717, 1.165) is 0 Å². The molecule has 1 rings (SSSR count). The lowest BCUT2D eigenvalue weighted by molar-refractivity contribution is -0.143. The van der Waals surface area contributed by atoms with Gasteiger partial charge in [-0.05, 0) is 50.6 Å². The predicted molar refractivity (Wildman–Crippen MR) is 158 cm³/mol. The number of carbonyl (C=O) groups excluding carboxylic acids is 4. The molecular weight excluding hydrogens is 560 g/mol. The Bertz CT molecular complexity index is 1080. The lowest BCUT2D eigenvalue weighted by Crippen LogP contribution is -2.59. The highest BCUT2D eigenvalue weighted by Crippen LogP contribution is 2.11. The van der Waals surface area contributed by atoms with Gasteiger partial charge in [0.1, 0.15) is 24.2 Å². The van der Waals surface area contributed by atoms with E-state index < -0.39 is 78.1 Å². The van der Waals surface area contributed by atoms with Crippen LogP contribution < -0.4 is 32.7 Å². The molecule has 0 saturated heterocycles. The smallest absolute Gasteiger partial charge is 0.326 e. The second-order valence-electron chi connectivity index (χ2n) is 10.6. The van der Waals surface area contributed by atoms with E-state index in [4.69, 9.17) is 11.5 Å². The zero-order valence-corrected chi connectivity index (χ0v) is 25.0. The van der Waals surface area contributed by atoms with E-state index in [1.54, 1.807) is 44.2 Å². The van der Waals surface area contributed by atoms with Crippen molar-refractivity contribution in [2.75, 3.05) is 6.54 Å². The Morgan fingerprint density at radius 2 is 1.30 bits per heavy atom. The number of carboxylic acid groups (broad SMARTS) is 2. The third kappa shape index (κ3) is 13.7. The summed E-state index contributed by atoms with van der Waals surface area (Å²) < 4.78 is 0. The summed E-state index contributed by atoms with van der Waals surface area (Å²) in [6, 6.07) is 2.89. The fourth-order valence-corrected chi connectivity index (χ4v) is 4.14. The van der Waals surface area contributed by atoms with Crippen LogP contribution in [0.2, 0.25) is 0 Å². The maximum atomic E-state index is 13.5. The highest BCUT2D eigenvalue weighted by Gasteiger charge is 2.33.